The number of piperazine rings is 1. The zero-order valence-corrected chi connectivity index (χ0v) is 8.31. The van der Waals surface area contributed by atoms with Crippen LogP contribution in [-0.2, 0) is 5.54 Å². The molecule has 14 heavy (non-hydrogen) atoms. The first-order chi connectivity index (χ1) is 6.71. The van der Waals surface area contributed by atoms with E-state index in [0.717, 1.165) is 25.2 Å². The molecule has 0 aliphatic carbocycles. The van der Waals surface area contributed by atoms with E-state index in [1.165, 1.54) is 12.1 Å². The molecular weight excluding hydrogens is 179 g/mol. The van der Waals surface area contributed by atoms with E-state index in [1.807, 2.05) is 12.1 Å². The predicted octanol–water partition coefficient (Wildman–Crippen LogP) is 1.23. The van der Waals surface area contributed by atoms with Gasteiger partial charge in [-0.15, -0.1) is 0 Å². The molecule has 1 unspecified atom stereocenters. The van der Waals surface area contributed by atoms with E-state index in [0.29, 0.717) is 0 Å². The largest absolute Gasteiger partial charge is 0.313 e. The second-order valence-electron chi connectivity index (χ2n) is 3.94. The van der Waals surface area contributed by atoms with Crippen molar-refractivity contribution in [1.29, 1.82) is 0 Å². The number of nitrogens with one attached hydrogen (secondary N) is 2. The normalized spacial score (nSPS) is 27.6. The van der Waals surface area contributed by atoms with Gasteiger partial charge in [0.15, 0.2) is 0 Å². The van der Waals surface area contributed by atoms with Gasteiger partial charge >= 0.3 is 0 Å². The Morgan fingerprint density at radius 2 is 1.93 bits per heavy atom. The third kappa shape index (κ3) is 1.79. The van der Waals surface area contributed by atoms with Crippen LogP contribution in [0.5, 0.6) is 0 Å². The highest BCUT2D eigenvalue weighted by Crippen LogP contribution is 2.21. The van der Waals surface area contributed by atoms with Crippen molar-refractivity contribution in [1.82, 2.24) is 10.6 Å². The minimum atomic E-state index is -0.180. The van der Waals surface area contributed by atoms with Crippen LogP contribution in [-0.4, -0.2) is 19.6 Å². The molecular formula is C11H15FN2. The Labute approximate surface area is 83.5 Å². The molecule has 1 heterocycles. The molecule has 1 fully saturated rings. The summed E-state index contributed by atoms with van der Waals surface area (Å²) in [6, 6.07) is 6.71. The molecule has 1 saturated heterocycles. The molecule has 0 radical (unpaired) electrons. The molecule has 0 amide bonds. The van der Waals surface area contributed by atoms with E-state index in [9.17, 15) is 4.39 Å². The van der Waals surface area contributed by atoms with Gasteiger partial charge in [0.2, 0.25) is 0 Å². The molecule has 1 aliphatic heterocycles. The summed E-state index contributed by atoms with van der Waals surface area (Å²) in [7, 11) is 0. The van der Waals surface area contributed by atoms with Crippen LogP contribution >= 0.6 is 0 Å². The molecule has 1 aliphatic rings. The Bertz CT molecular complexity index is 302. The lowest BCUT2D eigenvalue weighted by Crippen LogP contribution is -2.54. The second-order valence-corrected chi connectivity index (χ2v) is 3.94. The standard InChI is InChI=1S/C11H15FN2/c1-11(8-13-6-7-14-11)9-2-4-10(12)5-3-9/h2-5,13-14H,6-8H2,1H3. The summed E-state index contributed by atoms with van der Waals surface area (Å²) in [5.41, 5.74) is 1.07. The molecule has 2 N–H and O–H groups in total. The van der Waals surface area contributed by atoms with Gasteiger partial charge in [0.05, 0.1) is 5.54 Å². The van der Waals surface area contributed by atoms with Gasteiger partial charge in [0.25, 0.3) is 0 Å². The number of rotatable bonds is 1. The maximum atomic E-state index is 12.7. The van der Waals surface area contributed by atoms with Crippen LogP contribution < -0.4 is 10.6 Å². The fourth-order valence-electron chi connectivity index (χ4n) is 1.85. The fourth-order valence-corrected chi connectivity index (χ4v) is 1.85. The molecule has 76 valence electrons. The predicted molar refractivity (Wildman–Crippen MR) is 54.6 cm³/mol. The highest BCUT2D eigenvalue weighted by atomic mass is 19.1. The Morgan fingerprint density at radius 3 is 2.50 bits per heavy atom. The average molecular weight is 194 g/mol. The maximum absolute atomic E-state index is 12.7. The molecule has 1 aromatic carbocycles. The van der Waals surface area contributed by atoms with Crippen molar-refractivity contribution >= 4 is 0 Å². The van der Waals surface area contributed by atoms with E-state index < -0.39 is 0 Å². The van der Waals surface area contributed by atoms with Crippen molar-refractivity contribution < 1.29 is 4.39 Å². The van der Waals surface area contributed by atoms with Crippen molar-refractivity contribution in [3.63, 3.8) is 0 Å². The highest BCUT2D eigenvalue weighted by Gasteiger charge is 2.27. The molecule has 3 heteroatoms. The van der Waals surface area contributed by atoms with Crippen molar-refractivity contribution in [3.05, 3.63) is 35.6 Å². The van der Waals surface area contributed by atoms with Crippen molar-refractivity contribution in [3.8, 4) is 0 Å². The molecule has 0 spiro atoms. The van der Waals surface area contributed by atoms with Gasteiger partial charge < -0.3 is 10.6 Å². The van der Waals surface area contributed by atoms with Crippen LogP contribution in [0.4, 0.5) is 4.39 Å². The topological polar surface area (TPSA) is 24.1 Å². The quantitative estimate of drug-likeness (QED) is 0.702. The number of hydrogen-bond acceptors (Lipinski definition) is 2. The minimum absolute atomic E-state index is 0.0635. The van der Waals surface area contributed by atoms with Crippen LogP contribution in [0.3, 0.4) is 0 Å². The summed E-state index contributed by atoms with van der Waals surface area (Å²) in [6.07, 6.45) is 0. The van der Waals surface area contributed by atoms with Gasteiger partial charge in [-0.2, -0.15) is 0 Å². The monoisotopic (exact) mass is 194 g/mol. The van der Waals surface area contributed by atoms with Crippen LogP contribution in [0.25, 0.3) is 0 Å². The van der Waals surface area contributed by atoms with E-state index >= 15 is 0 Å². The Balaban J connectivity index is 2.23. The zero-order chi connectivity index (χ0) is 10.0. The summed E-state index contributed by atoms with van der Waals surface area (Å²) < 4.78 is 12.7. The Morgan fingerprint density at radius 1 is 1.21 bits per heavy atom. The van der Waals surface area contributed by atoms with Crippen molar-refractivity contribution in [2.24, 2.45) is 0 Å². The summed E-state index contributed by atoms with van der Waals surface area (Å²) in [5, 5.41) is 6.78. The van der Waals surface area contributed by atoms with Crippen LogP contribution in [0.1, 0.15) is 12.5 Å². The summed E-state index contributed by atoms with van der Waals surface area (Å²) in [6.45, 7) is 4.97. The molecule has 0 bridgehead atoms. The number of benzene rings is 1. The van der Waals surface area contributed by atoms with Gasteiger partial charge in [0, 0.05) is 19.6 Å². The van der Waals surface area contributed by atoms with Gasteiger partial charge in [-0.3, -0.25) is 0 Å². The molecule has 2 rings (SSSR count). The second kappa shape index (κ2) is 3.67. The SMILES string of the molecule is CC1(c2ccc(F)cc2)CNCCN1. The van der Waals surface area contributed by atoms with Crippen molar-refractivity contribution in [2.75, 3.05) is 19.6 Å². The third-order valence-corrected chi connectivity index (χ3v) is 2.78. The maximum Gasteiger partial charge on any atom is 0.123 e. The van der Waals surface area contributed by atoms with Gasteiger partial charge in [-0.25, -0.2) is 4.39 Å². The Hall–Kier alpha value is -0.930. The summed E-state index contributed by atoms with van der Waals surface area (Å²) in [5.74, 6) is -0.180. The van der Waals surface area contributed by atoms with E-state index in [-0.39, 0.29) is 11.4 Å². The van der Waals surface area contributed by atoms with Crippen LogP contribution in [0.2, 0.25) is 0 Å². The minimum Gasteiger partial charge on any atom is -0.313 e. The van der Waals surface area contributed by atoms with Crippen LogP contribution in [0, 0.1) is 5.82 Å². The van der Waals surface area contributed by atoms with E-state index in [1.54, 1.807) is 0 Å². The highest BCUT2D eigenvalue weighted by molar-refractivity contribution is 5.25. The molecule has 0 saturated carbocycles. The van der Waals surface area contributed by atoms with E-state index in [2.05, 4.69) is 17.6 Å². The first kappa shape index (κ1) is 9.62. The lowest BCUT2D eigenvalue weighted by molar-refractivity contribution is 0.303. The number of halogens is 1. The third-order valence-electron chi connectivity index (χ3n) is 2.78. The van der Waals surface area contributed by atoms with Gasteiger partial charge in [-0.1, -0.05) is 12.1 Å². The first-order valence-electron chi connectivity index (χ1n) is 4.92. The van der Waals surface area contributed by atoms with Gasteiger partial charge in [-0.05, 0) is 24.6 Å². The van der Waals surface area contributed by atoms with E-state index in [4.69, 9.17) is 0 Å². The lowest BCUT2D eigenvalue weighted by Gasteiger charge is -2.36. The van der Waals surface area contributed by atoms with Crippen molar-refractivity contribution in [2.45, 2.75) is 12.5 Å². The Kier molecular flexibility index (Phi) is 2.52. The molecule has 1 aromatic rings. The fraction of sp³-hybridized carbons (Fsp3) is 0.455. The summed E-state index contributed by atoms with van der Waals surface area (Å²) in [4.78, 5) is 0. The lowest BCUT2D eigenvalue weighted by atomic mass is 9.90. The molecule has 2 nitrogen and oxygen atoms in total. The molecule has 0 aromatic heterocycles. The summed E-state index contributed by atoms with van der Waals surface area (Å²) >= 11 is 0. The van der Waals surface area contributed by atoms with Gasteiger partial charge in [0.1, 0.15) is 5.82 Å². The molecule has 1 atom stereocenters. The smallest absolute Gasteiger partial charge is 0.123 e. The number of hydrogen-bond donors (Lipinski definition) is 2. The first-order valence-corrected chi connectivity index (χ1v) is 4.92. The zero-order valence-electron chi connectivity index (χ0n) is 8.31. The van der Waals surface area contributed by atoms with Crippen LogP contribution in [0.15, 0.2) is 24.3 Å². The average Bonchev–Trinajstić information content (AvgIpc) is 2.19.